The number of hydrogen-bond donors (Lipinski definition) is 2. The van der Waals surface area contributed by atoms with Crippen LogP contribution in [0, 0.1) is 11.6 Å². The van der Waals surface area contributed by atoms with Crippen LogP contribution in [0.15, 0.2) is 23.0 Å². The van der Waals surface area contributed by atoms with Crippen LogP contribution in [0.1, 0.15) is 30.3 Å². The molecule has 0 fully saturated rings. The molecule has 1 heterocycles. The molecule has 0 aliphatic heterocycles. The number of aromatic amines is 1. The van der Waals surface area contributed by atoms with Crippen molar-refractivity contribution in [2.24, 2.45) is 0 Å². The molecule has 0 radical (unpaired) electrons. The molecule has 0 saturated carbocycles. The summed E-state index contributed by atoms with van der Waals surface area (Å²) in [6.45, 7) is 1.88. The van der Waals surface area contributed by atoms with E-state index in [9.17, 15) is 18.7 Å². The highest BCUT2D eigenvalue weighted by Crippen LogP contribution is 2.14. The van der Waals surface area contributed by atoms with Crippen molar-refractivity contribution in [3.8, 4) is 5.88 Å². The zero-order valence-corrected chi connectivity index (χ0v) is 10.9. The number of hydrogen-bond acceptors (Lipinski definition) is 3. The van der Waals surface area contributed by atoms with Crippen LogP contribution < -0.4 is 5.56 Å². The molecule has 2 aromatic rings. The number of aromatic nitrogens is 2. The van der Waals surface area contributed by atoms with Gasteiger partial charge in [0, 0.05) is 12.5 Å². The summed E-state index contributed by atoms with van der Waals surface area (Å²) in [4.78, 5) is 18.2. The zero-order valence-electron chi connectivity index (χ0n) is 10.9. The van der Waals surface area contributed by atoms with Gasteiger partial charge in [0.2, 0.25) is 5.88 Å². The minimum absolute atomic E-state index is 0.0316. The lowest BCUT2D eigenvalue weighted by molar-refractivity contribution is 0.439. The van der Waals surface area contributed by atoms with Gasteiger partial charge in [-0.25, -0.2) is 8.78 Å². The van der Waals surface area contributed by atoms with Crippen molar-refractivity contribution in [1.82, 2.24) is 9.97 Å². The average molecular weight is 280 g/mol. The second-order valence-corrected chi connectivity index (χ2v) is 4.52. The van der Waals surface area contributed by atoms with Gasteiger partial charge in [-0.3, -0.25) is 4.79 Å². The first-order valence-electron chi connectivity index (χ1n) is 6.25. The Morgan fingerprint density at radius 3 is 2.45 bits per heavy atom. The lowest BCUT2D eigenvalue weighted by atomic mass is 10.1. The molecule has 6 heteroatoms. The van der Waals surface area contributed by atoms with E-state index in [2.05, 4.69) is 9.97 Å². The molecular weight excluding hydrogens is 266 g/mol. The summed E-state index contributed by atoms with van der Waals surface area (Å²) in [7, 11) is 0. The number of nitrogens with zero attached hydrogens (tertiary/aromatic N) is 1. The fourth-order valence-electron chi connectivity index (χ4n) is 2.00. The first-order valence-corrected chi connectivity index (χ1v) is 6.25. The molecule has 1 aromatic carbocycles. The smallest absolute Gasteiger partial charge is 0.257 e. The third-order valence-electron chi connectivity index (χ3n) is 2.84. The Morgan fingerprint density at radius 1 is 1.25 bits per heavy atom. The molecule has 0 aliphatic carbocycles. The summed E-state index contributed by atoms with van der Waals surface area (Å²) in [5.41, 5.74) is 0.126. The van der Waals surface area contributed by atoms with Crippen LogP contribution in [0.25, 0.3) is 0 Å². The molecule has 2 rings (SSSR count). The summed E-state index contributed by atoms with van der Waals surface area (Å²) in [6.07, 6.45) is 1.15. The van der Waals surface area contributed by atoms with Crippen molar-refractivity contribution in [2.75, 3.05) is 0 Å². The van der Waals surface area contributed by atoms with Crippen molar-refractivity contribution < 1.29 is 13.9 Å². The minimum Gasteiger partial charge on any atom is -0.493 e. The number of rotatable bonds is 4. The normalized spacial score (nSPS) is 10.8. The van der Waals surface area contributed by atoms with Crippen molar-refractivity contribution in [3.63, 3.8) is 0 Å². The molecule has 4 nitrogen and oxygen atoms in total. The number of halogens is 2. The highest BCUT2D eigenvalue weighted by Gasteiger charge is 2.11. The van der Waals surface area contributed by atoms with E-state index < -0.39 is 17.2 Å². The summed E-state index contributed by atoms with van der Waals surface area (Å²) in [5.74, 6) is -1.57. The topological polar surface area (TPSA) is 66.0 Å². The standard InChI is InChI=1S/C14H14F2N2O2/c1-2-3-11-13(19)17-12(18-14(11)20)6-8-4-9(15)7-10(16)5-8/h4-5,7H,2-3,6H2,1H3,(H2,17,18,19,20). The molecule has 0 atom stereocenters. The summed E-state index contributed by atoms with van der Waals surface area (Å²) < 4.78 is 26.1. The first-order chi connectivity index (χ1) is 9.49. The minimum atomic E-state index is -0.700. The maximum absolute atomic E-state index is 13.1. The first kappa shape index (κ1) is 14.2. The molecule has 106 valence electrons. The predicted molar refractivity (Wildman–Crippen MR) is 69.7 cm³/mol. The van der Waals surface area contributed by atoms with E-state index in [0.717, 1.165) is 18.2 Å². The Morgan fingerprint density at radius 2 is 1.90 bits per heavy atom. The second kappa shape index (κ2) is 5.81. The highest BCUT2D eigenvalue weighted by molar-refractivity contribution is 5.26. The zero-order chi connectivity index (χ0) is 14.7. The van der Waals surface area contributed by atoms with Gasteiger partial charge in [0.05, 0.1) is 5.56 Å². The molecule has 0 spiro atoms. The van der Waals surface area contributed by atoms with Crippen LogP contribution in [0.2, 0.25) is 0 Å². The maximum Gasteiger partial charge on any atom is 0.257 e. The highest BCUT2D eigenvalue weighted by atomic mass is 19.1. The van der Waals surface area contributed by atoms with Gasteiger partial charge in [0.15, 0.2) is 0 Å². The SMILES string of the molecule is CCCc1c(O)nc(Cc2cc(F)cc(F)c2)[nH]c1=O. The number of H-pyrrole nitrogens is 1. The van der Waals surface area contributed by atoms with Crippen LogP contribution in [0.4, 0.5) is 8.78 Å². The van der Waals surface area contributed by atoms with Gasteiger partial charge < -0.3 is 10.1 Å². The van der Waals surface area contributed by atoms with Gasteiger partial charge >= 0.3 is 0 Å². The lowest BCUT2D eigenvalue weighted by Gasteiger charge is -2.06. The Kier molecular flexibility index (Phi) is 4.12. The largest absolute Gasteiger partial charge is 0.493 e. The molecule has 0 saturated heterocycles. The van der Waals surface area contributed by atoms with E-state index in [-0.39, 0.29) is 23.7 Å². The Labute approximate surface area is 114 Å². The second-order valence-electron chi connectivity index (χ2n) is 4.52. The van der Waals surface area contributed by atoms with Gasteiger partial charge in [-0.05, 0) is 24.1 Å². The van der Waals surface area contributed by atoms with Crippen LogP contribution in [-0.2, 0) is 12.8 Å². The van der Waals surface area contributed by atoms with Gasteiger partial charge in [-0.2, -0.15) is 4.98 Å². The Hall–Kier alpha value is -2.24. The molecule has 20 heavy (non-hydrogen) atoms. The third-order valence-corrected chi connectivity index (χ3v) is 2.84. The van der Waals surface area contributed by atoms with Gasteiger partial charge in [0.25, 0.3) is 5.56 Å². The Balaban J connectivity index is 2.32. The summed E-state index contributed by atoms with van der Waals surface area (Å²) >= 11 is 0. The van der Waals surface area contributed by atoms with E-state index in [4.69, 9.17) is 0 Å². The molecule has 2 N–H and O–H groups in total. The van der Waals surface area contributed by atoms with E-state index in [0.29, 0.717) is 18.4 Å². The van der Waals surface area contributed by atoms with Crippen LogP contribution in [0.5, 0.6) is 5.88 Å². The van der Waals surface area contributed by atoms with Crippen LogP contribution in [-0.4, -0.2) is 15.1 Å². The third kappa shape index (κ3) is 3.20. The maximum atomic E-state index is 13.1. The number of aromatic hydroxyl groups is 1. The van der Waals surface area contributed by atoms with Crippen LogP contribution >= 0.6 is 0 Å². The summed E-state index contributed by atoms with van der Waals surface area (Å²) in [6, 6.07) is 3.07. The molecule has 0 unspecified atom stereocenters. The van der Waals surface area contributed by atoms with E-state index in [1.165, 1.54) is 0 Å². The van der Waals surface area contributed by atoms with Crippen molar-refractivity contribution in [3.05, 3.63) is 57.1 Å². The van der Waals surface area contributed by atoms with Gasteiger partial charge in [-0.1, -0.05) is 13.3 Å². The summed E-state index contributed by atoms with van der Waals surface area (Å²) in [5, 5.41) is 9.71. The average Bonchev–Trinajstić information content (AvgIpc) is 2.32. The Bertz CT molecular complexity index is 663. The number of benzene rings is 1. The van der Waals surface area contributed by atoms with E-state index in [1.54, 1.807) is 0 Å². The van der Waals surface area contributed by atoms with E-state index >= 15 is 0 Å². The van der Waals surface area contributed by atoms with Gasteiger partial charge in [0.1, 0.15) is 17.5 Å². The number of nitrogens with one attached hydrogen (secondary N) is 1. The van der Waals surface area contributed by atoms with E-state index in [1.807, 2.05) is 6.92 Å². The molecular formula is C14H14F2N2O2. The fourth-order valence-corrected chi connectivity index (χ4v) is 2.00. The van der Waals surface area contributed by atoms with Crippen molar-refractivity contribution in [1.29, 1.82) is 0 Å². The quantitative estimate of drug-likeness (QED) is 0.903. The predicted octanol–water partition coefficient (Wildman–Crippen LogP) is 2.30. The van der Waals surface area contributed by atoms with Crippen molar-refractivity contribution >= 4 is 0 Å². The molecule has 0 bridgehead atoms. The fraction of sp³-hybridized carbons (Fsp3) is 0.286. The van der Waals surface area contributed by atoms with Gasteiger partial charge in [-0.15, -0.1) is 0 Å². The molecule has 0 amide bonds. The van der Waals surface area contributed by atoms with Crippen LogP contribution in [0.3, 0.4) is 0 Å². The lowest BCUT2D eigenvalue weighted by Crippen LogP contribution is -2.17. The molecule has 1 aromatic heterocycles. The molecule has 0 aliphatic rings. The monoisotopic (exact) mass is 280 g/mol. The van der Waals surface area contributed by atoms with Crippen molar-refractivity contribution in [2.45, 2.75) is 26.2 Å².